The summed E-state index contributed by atoms with van der Waals surface area (Å²) in [5.41, 5.74) is 3.18. The van der Waals surface area contributed by atoms with Crippen molar-refractivity contribution in [3.63, 3.8) is 0 Å². The molecule has 114 valence electrons. The van der Waals surface area contributed by atoms with Crippen LogP contribution in [0.3, 0.4) is 0 Å². The predicted molar refractivity (Wildman–Crippen MR) is 86.1 cm³/mol. The summed E-state index contributed by atoms with van der Waals surface area (Å²) >= 11 is 0. The third-order valence-corrected chi connectivity index (χ3v) is 4.10. The number of urea groups is 1. The summed E-state index contributed by atoms with van der Waals surface area (Å²) in [6.45, 7) is 0.752. The summed E-state index contributed by atoms with van der Waals surface area (Å²) in [6.07, 6.45) is 3.44. The zero-order chi connectivity index (χ0) is 15.8. The molecular formula is C17H15N4O2+. The summed E-state index contributed by atoms with van der Waals surface area (Å²) in [4.78, 5) is 28.6. The molecule has 2 aromatic rings. The molecule has 3 heterocycles. The number of pyridine rings is 1. The van der Waals surface area contributed by atoms with E-state index in [1.807, 2.05) is 16.7 Å². The van der Waals surface area contributed by atoms with Crippen LogP contribution in [0.2, 0.25) is 0 Å². The number of amides is 3. The highest BCUT2D eigenvalue weighted by atomic mass is 16.2. The lowest BCUT2D eigenvalue weighted by molar-refractivity contribution is -0.416. The van der Waals surface area contributed by atoms with Gasteiger partial charge in [-0.2, -0.15) is 4.58 Å². The van der Waals surface area contributed by atoms with Gasteiger partial charge in [0.15, 0.2) is 12.3 Å². The Bertz CT molecular complexity index is 843. The molecular weight excluding hydrogens is 292 g/mol. The van der Waals surface area contributed by atoms with Crippen LogP contribution in [0.5, 0.6) is 0 Å². The van der Waals surface area contributed by atoms with Gasteiger partial charge in [-0.05, 0) is 24.3 Å². The number of nitrogens with one attached hydrogen (secondary N) is 2. The van der Waals surface area contributed by atoms with Gasteiger partial charge in [-0.25, -0.2) is 14.6 Å². The Balaban J connectivity index is 1.62. The van der Waals surface area contributed by atoms with E-state index in [9.17, 15) is 9.59 Å². The third-order valence-electron chi connectivity index (χ3n) is 4.10. The fourth-order valence-corrected chi connectivity index (χ4v) is 3.16. The summed E-state index contributed by atoms with van der Waals surface area (Å²) in [6, 6.07) is 10.3. The van der Waals surface area contributed by atoms with Crippen LogP contribution in [0.15, 0.2) is 42.6 Å². The number of carbonyl (C=O) groups is 2. The van der Waals surface area contributed by atoms with Crippen molar-refractivity contribution >= 4 is 29.2 Å². The molecule has 0 unspecified atom stereocenters. The van der Waals surface area contributed by atoms with Gasteiger partial charge in [0.2, 0.25) is 0 Å². The van der Waals surface area contributed by atoms with E-state index in [0.717, 1.165) is 30.7 Å². The second kappa shape index (κ2) is 5.31. The number of hydrogen-bond acceptors (Lipinski definition) is 3. The summed E-state index contributed by atoms with van der Waals surface area (Å²) in [5.74, 6) is 0.505. The highest BCUT2D eigenvalue weighted by Crippen LogP contribution is 2.31. The molecule has 6 heteroatoms. The fraction of sp³-hybridized carbons (Fsp3) is 0.176. The minimum absolute atomic E-state index is 0.0290. The number of carbonyl (C=O) groups excluding carboxylic acids is 2. The molecule has 3 amide bonds. The molecule has 1 aromatic carbocycles. The number of benzene rings is 1. The summed E-state index contributed by atoms with van der Waals surface area (Å²) in [7, 11) is 0. The standard InChI is InChI=1S/C17H14N4O2/c22-16-11-5-3-6-12(15(11)13-7-4-10-21(13)16)19-17(23)20-14-8-1-2-9-18-14/h1-3,5-6,8-9H,4,7,10H2,(H,18,20,23)/p+1. The number of aromatic nitrogens is 1. The molecule has 0 bridgehead atoms. The van der Waals surface area contributed by atoms with Crippen molar-refractivity contribution in [3.05, 3.63) is 53.7 Å². The van der Waals surface area contributed by atoms with Crippen LogP contribution < -0.4 is 10.6 Å². The van der Waals surface area contributed by atoms with E-state index in [2.05, 4.69) is 15.6 Å². The van der Waals surface area contributed by atoms with Crippen molar-refractivity contribution in [1.82, 2.24) is 4.98 Å². The second-order valence-corrected chi connectivity index (χ2v) is 5.53. The Labute approximate surface area is 132 Å². The van der Waals surface area contributed by atoms with E-state index in [1.54, 1.807) is 30.5 Å². The Morgan fingerprint density at radius 3 is 2.87 bits per heavy atom. The van der Waals surface area contributed by atoms with Crippen LogP contribution >= 0.6 is 0 Å². The molecule has 0 atom stereocenters. The van der Waals surface area contributed by atoms with E-state index >= 15 is 0 Å². The molecule has 0 aliphatic carbocycles. The number of hydrogen-bond donors (Lipinski definition) is 2. The summed E-state index contributed by atoms with van der Waals surface area (Å²) < 4.78 is 1.81. The van der Waals surface area contributed by atoms with Crippen LogP contribution in [0.1, 0.15) is 28.8 Å². The Hall–Kier alpha value is -3.02. The van der Waals surface area contributed by atoms with E-state index in [1.165, 1.54) is 0 Å². The fourth-order valence-electron chi connectivity index (χ4n) is 3.16. The van der Waals surface area contributed by atoms with Crippen molar-refractivity contribution in [3.8, 4) is 0 Å². The molecule has 0 radical (unpaired) electrons. The largest absolute Gasteiger partial charge is 0.420 e. The zero-order valence-electron chi connectivity index (χ0n) is 12.4. The monoisotopic (exact) mass is 307 g/mol. The molecule has 4 rings (SSSR count). The smallest absolute Gasteiger partial charge is 0.307 e. The van der Waals surface area contributed by atoms with Gasteiger partial charge in [0, 0.05) is 19.0 Å². The van der Waals surface area contributed by atoms with E-state index in [4.69, 9.17) is 0 Å². The molecule has 0 saturated heterocycles. The second-order valence-electron chi connectivity index (χ2n) is 5.53. The maximum Gasteiger partial charge on any atom is 0.420 e. The highest BCUT2D eigenvalue weighted by Gasteiger charge is 2.42. The molecule has 1 aromatic heterocycles. The van der Waals surface area contributed by atoms with E-state index in [0.29, 0.717) is 17.1 Å². The first-order chi connectivity index (χ1) is 11.2. The van der Waals surface area contributed by atoms with Crippen LogP contribution in [0.25, 0.3) is 0 Å². The molecule has 23 heavy (non-hydrogen) atoms. The Morgan fingerprint density at radius 2 is 2.04 bits per heavy atom. The molecule has 0 fully saturated rings. The number of nitrogens with zero attached hydrogens (tertiary/aromatic N) is 2. The molecule has 2 N–H and O–H groups in total. The van der Waals surface area contributed by atoms with Crippen molar-refractivity contribution < 1.29 is 14.2 Å². The van der Waals surface area contributed by atoms with Crippen molar-refractivity contribution in [2.75, 3.05) is 17.2 Å². The average molecular weight is 307 g/mol. The number of rotatable bonds is 2. The highest BCUT2D eigenvalue weighted by molar-refractivity contribution is 6.18. The van der Waals surface area contributed by atoms with Gasteiger partial charge in [0.05, 0.1) is 11.3 Å². The quantitative estimate of drug-likeness (QED) is 0.837. The maximum absolute atomic E-state index is 12.4. The first kappa shape index (κ1) is 13.6. The van der Waals surface area contributed by atoms with Gasteiger partial charge in [0.25, 0.3) is 0 Å². The van der Waals surface area contributed by atoms with Crippen molar-refractivity contribution in [1.29, 1.82) is 0 Å². The molecule has 6 nitrogen and oxygen atoms in total. The number of anilines is 2. The zero-order valence-corrected chi connectivity index (χ0v) is 12.4. The molecule has 2 aliphatic heterocycles. The topological polar surface area (TPSA) is 74.1 Å². The Morgan fingerprint density at radius 1 is 1.13 bits per heavy atom. The normalized spacial score (nSPS) is 15.4. The van der Waals surface area contributed by atoms with Crippen LogP contribution in [-0.2, 0) is 0 Å². The minimum Gasteiger partial charge on any atom is -0.307 e. The summed E-state index contributed by atoms with van der Waals surface area (Å²) in [5, 5.41) is 5.52. The van der Waals surface area contributed by atoms with Gasteiger partial charge in [0.1, 0.15) is 11.4 Å². The van der Waals surface area contributed by atoms with Gasteiger partial charge in [-0.15, -0.1) is 0 Å². The van der Waals surface area contributed by atoms with Crippen LogP contribution in [-0.4, -0.2) is 33.8 Å². The van der Waals surface area contributed by atoms with E-state index in [-0.39, 0.29) is 11.9 Å². The lowest BCUT2D eigenvalue weighted by Gasteiger charge is -2.09. The molecule has 0 saturated carbocycles. The third kappa shape index (κ3) is 2.28. The first-order valence-corrected chi connectivity index (χ1v) is 7.54. The SMILES string of the molecule is O=C(Nc1ccccn1)Nc1cccc2c1C1=[N+](CCC1)C2=O. The maximum atomic E-state index is 12.4. The van der Waals surface area contributed by atoms with Gasteiger partial charge in [-0.3, -0.25) is 5.32 Å². The van der Waals surface area contributed by atoms with Crippen molar-refractivity contribution in [2.24, 2.45) is 0 Å². The van der Waals surface area contributed by atoms with Gasteiger partial charge >= 0.3 is 11.9 Å². The van der Waals surface area contributed by atoms with Gasteiger partial charge in [-0.1, -0.05) is 12.1 Å². The van der Waals surface area contributed by atoms with E-state index < -0.39 is 0 Å². The lowest BCUT2D eigenvalue weighted by atomic mass is 10.0. The Kier molecular flexibility index (Phi) is 3.15. The van der Waals surface area contributed by atoms with Crippen LogP contribution in [0.4, 0.5) is 16.3 Å². The lowest BCUT2D eigenvalue weighted by Crippen LogP contribution is -2.21. The first-order valence-electron chi connectivity index (χ1n) is 7.54. The number of fused-ring (bicyclic) bond motifs is 2. The predicted octanol–water partition coefficient (Wildman–Crippen LogP) is 2.47. The van der Waals surface area contributed by atoms with Gasteiger partial charge < -0.3 is 5.32 Å². The molecule has 0 spiro atoms. The average Bonchev–Trinajstić information content (AvgIpc) is 3.12. The van der Waals surface area contributed by atoms with Crippen molar-refractivity contribution in [2.45, 2.75) is 12.8 Å². The van der Waals surface area contributed by atoms with Crippen LogP contribution in [0, 0.1) is 0 Å². The minimum atomic E-state index is -0.374. The molecule has 2 aliphatic rings.